The van der Waals surface area contributed by atoms with Gasteiger partial charge in [0.15, 0.2) is 17.3 Å². The Kier molecular flexibility index (Phi) is 6.09. The smallest absolute Gasteiger partial charge is 0.224 e. The third-order valence-corrected chi connectivity index (χ3v) is 8.98. The van der Waals surface area contributed by atoms with Crippen molar-refractivity contribution >= 4 is 17.3 Å². The molecule has 6 nitrogen and oxygen atoms in total. The first-order valence-electron chi connectivity index (χ1n) is 12.5. The predicted molar refractivity (Wildman–Crippen MR) is 128 cm³/mol. The Labute approximate surface area is 202 Å². The predicted octanol–water partition coefficient (Wildman–Crippen LogP) is 4.40. The van der Waals surface area contributed by atoms with Crippen molar-refractivity contribution in [1.29, 1.82) is 0 Å². The van der Waals surface area contributed by atoms with Crippen LogP contribution in [0.2, 0.25) is 0 Å². The van der Waals surface area contributed by atoms with E-state index in [1.165, 1.54) is 6.08 Å². The van der Waals surface area contributed by atoms with Crippen molar-refractivity contribution in [3.63, 3.8) is 0 Å². The first-order chi connectivity index (χ1) is 15.7. The first kappa shape index (κ1) is 25.1. The van der Waals surface area contributed by atoms with Gasteiger partial charge in [-0.05, 0) is 78.4 Å². The molecule has 0 aromatic carbocycles. The van der Waals surface area contributed by atoms with Gasteiger partial charge in [-0.2, -0.15) is 0 Å². The molecule has 0 aromatic rings. The summed E-state index contributed by atoms with van der Waals surface area (Å²) in [5.41, 5.74) is -0.533. The van der Waals surface area contributed by atoms with Crippen LogP contribution in [0.15, 0.2) is 34.6 Å². The van der Waals surface area contributed by atoms with Crippen molar-refractivity contribution in [2.75, 3.05) is 0 Å². The van der Waals surface area contributed by atoms with E-state index in [2.05, 4.69) is 6.92 Å². The van der Waals surface area contributed by atoms with Gasteiger partial charge in [-0.1, -0.05) is 19.9 Å². The second-order valence-corrected chi connectivity index (χ2v) is 11.7. The van der Waals surface area contributed by atoms with E-state index in [1.54, 1.807) is 40.7 Å². The van der Waals surface area contributed by atoms with Crippen LogP contribution in [0.1, 0.15) is 80.6 Å². The van der Waals surface area contributed by atoms with Gasteiger partial charge in [-0.3, -0.25) is 14.4 Å². The lowest BCUT2D eigenvalue weighted by atomic mass is 9.53. The Morgan fingerprint density at radius 3 is 2.53 bits per heavy atom. The molecule has 0 spiro atoms. The molecule has 0 aromatic heterocycles. The standard InChI is InChI=1S/C28H38O6/c1-8-15(2)23(30)16(3)17-13-19(29)18-14-20-27(6)11-9-21(26(4,5)32)33-22(27)10-12-28(20,7)34-25(18)24(17)31/h8,13,16,20-22,32H,9-12,14H2,1-7H3/b15-8+/t16-,20-,21+,22+,27+,28+/m0/s1. The second kappa shape index (κ2) is 8.27. The van der Waals surface area contributed by atoms with Crippen molar-refractivity contribution in [3.05, 3.63) is 34.6 Å². The molecule has 0 radical (unpaired) electrons. The van der Waals surface area contributed by atoms with Crippen molar-refractivity contribution in [2.24, 2.45) is 17.3 Å². The molecule has 34 heavy (non-hydrogen) atoms. The molecule has 4 rings (SSSR count). The summed E-state index contributed by atoms with van der Waals surface area (Å²) in [5.74, 6) is -1.29. The van der Waals surface area contributed by atoms with Gasteiger partial charge in [0, 0.05) is 28.4 Å². The maximum atomic E-state index is 13.5. The number of carbonyl (C=O) groups excluding carboxylic acids is 3. The molecule has 6 atom stereocenters. The number of hydrogen-bond acceptors (Lipinski definition) is 6. The minimum absolute atomic E-state index is 0.0104. The van der Waals surface area contributed by atoms with Crippen LogP contribution in [0.4, 0.5) is 0 Å². The Morgan fingerprint density at radius 2 is 1.91 bits per heavy atom. The zero-order valence-electron chi connectivity index (χ0n) is 21.5. The molecule has 2 heterocycles. The van der Waals surface area contributed by atoms with Gasteiger partial charge in [-0.25, -0.2) is 0 Å². The Hall–Kier alpha value is -2.05. The van der Waals surface area contributed by atoms with Crippen LogP contribution in [-0.2, 0) is 23.9 Å². The van der Waals surface area contributed by atoms with Crippen LogP contribution in [0.3, 0.4) is 0 Å². The summed E-state index contributed by atoms with van der Waals surface area (Å²) >= 11 is 0. The third kappa shape index (κ3) is 3.83. The van der Waals surface area contributed by atoms with Crippen LogP contribution in [-0.4, -0.2) is 45.9 Å². The molecule has 0 unspecified atom stereocenters. The molecule has 0 bridgehead atoms. The summed E-state index contributed by atoms with van der Waals surface area (Å²) in [7, 11) is 0. The molecule has 186 valence electrons. The molecule has 2 aliphatic carbocycles. The number of Topliss-reactive ketones (excluding diaryl/α,β-unsaturated/α-hetero) is 2. The molecule has 1 N–H and O–H groups in total. The zero-order valence-corrected chi connectivity index (χ0v) is 21.5. The van der Waals surface area contributed by atoms with Gasteiger partial charge in [0.1, 0.15) is 5.60 Å². The quantitative estimate of drug-likeness (QED) is 0.484. The number of carbonyl (C=O) groups is 3. The highest BCUT2D eigenvalue weighted by Crippen LogP contribution is 2.59. The maximum Gasteiger partial charge on any atom is 0.224 e. The number of allylic oxidation sites excluding steroid dienone is 5. The average Bonchev–Trinajstić information content (AvgIpc) is 2.77. The number of rotatable bonds is 4. The van der Waals surface area contributed by atoms with Gasteiger partial charge in [0.05, 0.1) is 17.8 Å². The molecule has 0 amide bonds. The lowest BCUT2D eigenvalue weighted by Gasteiger charge is -2.60. The van der Waals surface area contributed by atoms with Gasteiger partial charge < -0.3 is 14.6 Å². The van der Waals surface area contributed by atoms with E-state index in [0.717, 1.165) is 19.3 Å². The number of ether oxygens (including phenoxy) is 2. The number of aliphatic hydroxyl groups is 1. The molecule has 1 saturated heterocycles. The Morgan fingerprint density at radius 1 is 1.24 bits per heavy atom. The van der Waals surface area contributed by atoms with E-state index in [-0.39, 0.29) is 52.2 Å². The largest absolute Gasteiger partial charge is 0.483 e. The second-order valence-electron chi connectivity index (χ2n) is 11.7. The van der Waals surface area contributed by atoms with E-state index < -0.39 is 17.1 Å². The van der Waals surface area contributed by atoms with Gasteiger partial charge >= 0.3 is 0 Å². The molecule has 6 heteroatoms. The Balaban J connectivity index is 1.64. The highest BCUT2D eigenvalue weighted by Gasteiger charge is 2.61. The highest BCUT2D eigenvalue weighted by molar-refractivity contribution is 6.24. The SMILES string of the molecule is C/C=C(\C)C(=O)[C@@H](C)C1=CC(=O)C2=C(O[C@]3(C)CC[C@H]4O[C@@H](C(C)(C)O)CC[C@]4(C)[C@@H]3C2)C1=O. The molecular formula is C28H38O6. The number of fused-ring (bicyclic) bond motifs is 3. The van der Waals surface area contributed by atoms with Crippen LogP contribution in [0.5, 0.6) is 0 Å². The lowest BCUT2D eigenvalue weighted by Crippen LogP contribution is -2.62. The van der Waals surface area contributed by atoms with Crippen molar-refractivity contribution < 1.29 is 29.0 Å². The zero-order chi connectivity index (χ0) is 25.2. The summed E-state index contributed by atoms with van der Waals surface area (Å²) in [6, 6.07) is 0. The number of hydrogen-bond donors (Lipinski definition) is 1. The first-order valence-corrected chi connectivity index (χ1v) is 12.5. The van der Waals surface area contributed by atoms with E-state index in [9.17, 15) is 19.5 Å². The third-order valence-electron chi connectivity index (χ3n) is 8.98. The molecule has 2 fully saturated rings. The fraction of sp³-hybridized carbons (Fsp3) is 0.679. The minimum atomic E-state index is -0.909. The topological polar surface area (TPSA) is 89.9 Å². The summed E-state index contributed by atoms with van der Waals surface area (Å²) < 4.78 is 12.9. The van der Waals surface area contributed by atoms with Crippen LogP contribution in [0.25, 0.3) is 0 Å². The summed E-state index contributed by atoms with van der Waals surface area (Å²) in [4.78, 5) is 39.4. The van der Waals surface area contributed by atoms with E-state index in [0.29, 0.717) is 24.0 Å². The highest BCUT2D eigenvalue weighted by atomic mass is 16.5. The fourth-order valence-corrected chi connectivity index (χ4v) is 6.56. The lowest BCUT2D eigenvalue weighted by molar-refractivity contribution is -0.245. The van der Waals surface area contributed by atoms with Gasteiger partial charge in [0.25, 0.3) is 0 Å². The molecule has 2 aliphatic heterocycles. The molecular weight excluding hydrogens is 432 g/mol. The van der Waals surface area contributed by atoms with Crippen LogP contribution >= 0.6 is 0 Å². The average molecular weight is 471 g/mol. The van der Waals surface area contributed by atoms with Gasteiger partial charge in [0.2, 0.25) is 5.78 Å². The van der Waals surface area contributed by atoms with Crippen molar-refractivity contribution in [1.82, 2.24) is 0 Å². The monoisotopic (exact) mass is 470 g/mol. The fourth-order valence-electron chi connectivity index (χ4n) is 6.56. The van der Waals surface area contributed by atoms with Crippen LogP contribution in [0, 0.1) is 17.3 Å². The normalized spacial score (nSPS) is 37.2. The maximum absolute atomic E-state index is 13.5. The van der Waals surface area contributed by atoms with E-state index in [4.69, 9.17) is 9.47 Å². The van der Waals surface area contributed by atoms with E-state index >= 15 is 0 Å². The summed E-state index contributed by atoms with van der Waals surface area (Å²) in [5, 5.41) is 10.5. The Bertz CT molecular complexity index is 1020. The minimum Gasteiger partial charge on any atom is -0.483 e. The van der Waals surface area contributed by atoms with Crippen molar-refractivity contribution in [2.45, 2.75) is 104 Å². The molecule has 1 saturated carbocycles. The number of ketones is 3. The summed E-state index contributed by atoms with van der Waals surface area (Å²) in [6.45, 7) is 13.0. The van der Waals surface area contributed by atoms with Crippen molar-refractivity contribution in [3.8, 4) is 0 Å². The van der Waals surface area contributed by atoms with E-state index in [1.807, 2.05) is 6.92 Å². The van der Waals surface area contributed by atoms with Crippen LogP contribution < -0.4 is 0 Å². The van der Waals surface area contributed by atoms with Gasteiger partial charge in [-0.15, -0.1) is 0 Å². The molecule has 4 aliphatic rings. The summed E-state index contributed by atoms with van der Waals surface area (Å²) in [6.07, 6.45) is 6.31.